The average molecular weight is 349 g/mol. The Balaban J connectivity index is 2.57. The van der Waals surface area contributed by atoms with Crippen molar-refractivity contribution in [2.45, 2.75) is 0 Å². The third-order valence-corrected chi connectivity index (χ3v) is 3.98. The molecule has 0 saturated heterocycles. The summed E-state index contributed by atoms with van der Waals surface area (Å²) in [6.07, 6.45) is 0. The Morgan fingerprint density at radius 1 is 1.04 bits per heavy atom. The zero-order valence-corrected chi connectivity index (χ0v) is 13.9. The molecular formula is C16H13ClN2O5. The van der Waals surface area contributed by atoms with Gasteiger partial charge in [-0.05, 0) is 12.1 Å². The number of carbonyl (C=O) groups excluding carboxylic acids is 2. The summed E-state index contributed by atoms with van der Waals surface area (Å²) in [6, 6.07) is 7.18. The smallest absolute Gasteiger partial charge is 0.342 e. The first-order chi connectivity index (χ1) is 11.5. The number of esters is 2. The minimum atomic E-state index is -0.767. The molecule has 3 rings (SSSR count). The molecule has 2 heterocycles. The standard InChI is InChI=1S/C16H13ClN2O5/c1-22-14-8-6-4-5-7-9(8)18-13-11(16(21)24-3)10(15(20)23-2)12(17)19(13)14/h4-7H,1-3H3. The van der Waals surface area contributed by atoms with Gasteiger partial charge in [0.15, 0.2) is 5.65 Å². The molecule has 0 atom stereocenters. The Morgan fingerprint density at radius 2 is 1.67 bits per heavy atom. The van der Waals surface area contributed by atoms with Crippen molar-refractivity contribution in [3.63, 3.8) is 0 Å². The first-order valence-electron chi connectivity index (χ1n) is 6.88. The van der Waals surface area contributed by atoms with Gasteiger partial charge < -0.3 is 14.2 Å². The fraction of sp³-hybridized carbons (Fsp3) is 0.188. The van der Waals surface area contributed by atoms with E-state index in [1.807, 2.05) is 6.07 Å². The summed E-state index contributed by atoms with van der Waals surface area (Å²) < 4.78 is 16.4. The number of carbonyl (C=O) groups is 2. The van der Waals surface area contributed by atoms with Crippen LogP contribution in [0.1, 0.15) is 20.7 Å². The molecule has 0 aliphatic carbocycles. The van der Waals surface area contributed by atoms with Gasteiger partial charge in [-0.15, -0.1) is 0 Å². The molecular weight excluding hydrogens is 336 g/mol. The van der Waals surface area contributed by atoms with E-state index in [4.69, 9.17) is 25.8 Å². The number of hydrogen-bond donors (Lipinski definition) is 0. The molecule has 8 heteroatoms. The summed E-state index contributed by atoms with van der Waals surface area (Å²) in [5.41, 5.74) is 0.547. The normalized spacial score (nSPS) is 10.8. The van der Waals surface area contributed by atoms with Crippen molar-refractivity contribution in [3.8, 4) is 5.88 Å². The molecule has 0 aliphatic heterocycles. The number of para-hydroxylation sites is 1. The van der Waals surface area contributed by atoms with E-state index in [1.165, 1.54) is 25.7 Å². The number of ether oxygens (including phenoxy) is 3. The highest BCUT2D eigenvalue weighted by Crippen LogP contribution is 2.35. The van der Waals surface area contributed by atoms with E-state index in [2.05, 4.69) is 4.98 Å². The minimum absolute atomic E-state index is 0.0349. The van der Waals surface area contributed by atoms with Gasteiger partial charge in [0, 0.05) is 0 Å². The van der Waals surface area contributed by atoms with Crippen LogP contribution in [-0.4, -0.2) is 42.7 Å². The van der Waals surface area contributed by atoms with Gasteiger partial charge in [-0.1, -0.05) is 23.7 Å². The van der Waals surface area contributed by atoms with Crippen molar-refractivity contribution in [1.82, 2.24) is 9.38 Å². The van der Waals surface area contributed by atoms with Crippen molar-refractivity contribution in [3.05, 3.63) is 40.5 Å². The van der Waals surface area contributed by atoms with Crippen LogP contribution >= 0.6 is 11.6 Å². The SMILES string of the molecule is COC(=O)c1c(C(=O)OC)c2nc3ccccc3c(OC)n2c1Cl. The summed E-state index contributed by atoms with van der Waals surface area (Å²) in [4.78, 5) is 28.8. The topological polar surface area (TPSA) is 79.1 Å². The zero-order chi connectivity index (χ0) is 17.4. The van der Waals surface area contributed by atoms with Gasteiger partial charge in [0.2, 0.25) is 5.88 Å². The van der Waals surface area contributed by atoms with Gasteiger partial charge in [-0.2, -0.15) is 0 Å². The zero-order valence-electron chi connectivity index (χ0n) is 13.1. The van der Waals surface area contributed by atoms with Crippen LogP contribution in [0.3, 0.4) is 0 Å². The molecule has 0 fully saturated rings. The molecule has 0 aliphatic rings. The fourth-order valence-corrected chi connectivity index (χ4v) is 2.92. The maximum atomic E-state index is 12.2. The lowest BCUT2D eigenvalue weighted by Gasteiger charge is -2.09. The molecule has 0 amide bonds. The number of benzene rings is 1. The van der Waals surface area contributed by atoms with Crippen molar-refractivity contribution in [2.24, 2.45) is 0 Å². The van der Waals surface area contributed by atoms with Gasteiger partial charge in [0.1, 0.15) is 16.3 Å². The first kappa shape index (κ1) is 16.1. The van der Waals surface area contributed by atoms with Crippen LogP contribution in [0.25, 0.3) is 16.6 Å². The van der Waals surface area contributed by atoms with Gasteiger partial charge in [-0.25, -0.2) is 14.6 Å². The molecule has 0 spiro atoms. The Morgan fingerprint density at radius 3 is 2.29 bits per heavy atom. The lowest BCUT2D eigenvalue weighted by atomic mass is 10.2. The van der Waals surface area contributed by atoms with Crippen LogP contribution in [0, 0.1) is 0 Å². The molecule has 0 bridgehead atoms. The Kier molecular flexibility index (Phi) is 4.02. The highest BCUT2D eigenvalue weighted by atomic mass is 35.5. The van der Waals surface area contributed by atoms with Crippen molar-refractivity contribution in [2.75, 3.05) is 21.3 Å². The largest absolute Gasteiger partial charge is 0.481 e. The number of methoxy groups -OCH3 is 3. The van der Waals surface area contributed by atoms with E-state index >= 15 is 0 Å². The number of nitrogens with zero attached hydrogens (tertiary/aromatic N) is 2. The van der Waals surface area contributed by atoms with Crippen LogP contribution in [0.4, 0.5) is 0 Å². The number of aromatic nitrogens is 2. The van der Waals surface area contributed by atoms with Crippen LogP contribution in [0.15, 0.2) is 24.3 Å². The van der Waals surface area contributed by atoms with E-state index in [0.717, 1.165) is 0 Å². The second-order valence-corrected chi connectivity index (χ2v) is 5.18. The van der Waals surface area contributed by atoms with Gasteiger partial charge in [-0.3, -0.25) is 4.40 Å². The highest BCUT2D eigenvalue weighted by Gasteiger charge is 2.31. The predicted molar refractivity (Wildman–Crippen MR) is 86.9 cm³/mol. The Hall–Kier alpha value is -2.80. The summed E-state index contributed by atoms with van der Waals surface area (Å²) >= 11 is 6.36. The quantitative estimate of drug-likeness (QED) is 0.677. The van der Waals surface area contributed by atoms with Crippen LogP contribution < -0.4 is 4.74 Å². The molecule has 1 aromatic carbocycles. The Labute approximate surface area is 141 Å². The average Bonchev–Trinajstić information content (AvgIpc) is 2.90. The maximum absolute atomic E-state index is 12.2. The van der Waals surface area contributed by atoms with Crippen molar-refractivity contribution < 1.29 is 23.8 Å². The van der Waals surface area contributed by atoms with Crippen LogP contribution in [0.2, 0.25) is 5.15 Å². The highest BCUT2D eigenvalue weighted by molar-refractivity contribution is 6.35. The van der Waals surface area contributed by atoms with Crippen LogP contribution in [0.5, 0.6) is 5.88 Å². The van der Waals surface area contributed by atoms with Crippen molar-refractivity contribution >= 4 is 40.1 Å². The molecule has 7 nitrogen and oxygen atoms in total. The maximum Gasteiger partial charge on any atom is 0.342 e. The molecule has 2 aromatic heterocycles. The van der Waals surface area contributed by atoms with Gasteiger partial charge >= 0.3 is 11.9 Å². The second-order valence-electron chi connectivity index (χ2n) is 4.82. The molecule has 0 saturated carbocycles. The fourth-order valence-electron chi connectivity index (χ4n) is 2.59. The summed E-state index contributed by atoms with van der Waals surface area (Å²) in [5, 5.41) is 0.643. The van der Waals surface area contributed by atoms with E-state index in [1.54, 1.807) is 18.2 Å². The van der Waals surface area contributed by atoms with Crippen LogP contribution in [-0.2, 0) is 9.47 Å². The van der Waals surface area contributed by atoms with Gasteiger partial charge in [0.25, 0.3) is 0 Å². The van der Waals surface area contributed by atoms with Gasteiger partial charge in [0.05, 0.1) is 32.2 Å². The van der Waals surface area contributed by atoms with E-state index in [0.29, 0.717) is 16.8 Å². The van der Waals surface area contributed by atoms with E-state index < -0.39 is 11.9 Å². The van der Waals surface area contributed by atoms with E-state index in [-0.39, 0.29) is 21.9 Å². The molecule has 0 N–H and O–H groups in total. The predicted octanol–water partition coefficient (Wildman–Crippen LogP) is 2.72. The van der Waals surface area contributed by atoms with Crippen molar-refractivity contribution in [1.29, 1.82) is 0 Å². The molecule has 3 aromatic rings. The number of rotatable bonds is 3. The summed E-state index contributed by atoms with van der Waals surface area (Å²) in [7, 11) is 3.87. The number of hydrogen-bond acceptors (Lipinski definition) is 6. The lowest BCUT2D eigenvalue weighted by molar-refractivity contribution is 0.0558. The second kappa shape index (κ2) is 6.01. The first-order valence-corrected chi connectivity index (χ1v) is 7.26. The summed E-state index contributed by atoms with van der Waals surface area (Å²) in [6.45, 7) is 0. The summed E-state index contributed by atoms with van der Waals surface area (Å²) in [5.74, 6) is -1.16. The Bertz CT molecular complexity index is 980. The third-order valence-electron chi connectivity index (χ3n) is 3.62. The molecule has 0 radical (unpaired) electrons. The molecule has 0 unspecified atom stereocenters. The van der Waals surface area contributed by atoms with E-state index in [9.17, 15) is 9.59 Å². The third kappa shape index (κ3) is 2.16. The molecule has 24 heavy (non-hydrogen) atoms. The minimum Gasteiger partial charge on any atom is -0.481 e. The lowest BCUT2D eigenvalue weighted by Crippen LogP contribution is -2.10. The number of fused-ring (bicyclic) bond motifs is 2. The molecule has 124 valence electrons. The number of halogens is 1. The monoisotopic (exact) mass is 348 g/mol.